The largest absolute Gasteiger partial charge is 0.506 e. The van der Waals surface area contributed by atoms with Crippen molar-refractivity contribution in [2.45, 2.75) is 18.7 Å². The van der Waals surface area contributed by atoms with Crippen molar-refractivity contribution in [2.24, 2.45) is 0 Å². The van der Waals surface area contributed by atoms with Gasteiger partial charge in [0.25, 0.3) is 5.91 Å². The highest BCUT2D eigenvalue weighted by atomic mass is 32.2. The molecular weight excluding hydrogens is 370 g/mol. The molecule has 0 bridgehead atoms. The van der Waals surface area contributed by atoms with E-state index in [4.69, 9.17) is 0 Å². The number of benzene rings is 2. The predicted molar refractivity (Wildman–Crippen MR) is 100 cm³/mol. The molecule has 27 heavy (non-hydrogen) atoms. The van der Waals surface area contributed by atoms with Crippen molar-refractivity contribution in [2.75, 3.05) is 18.4 Å². The van der Waals surface area contributed by atoms with Crippen molar-refractivity contribution in [3.05, 3.63) is 42.0 Å². The Labute approximate surface area is 156 Å². The first-order valence-corrected chi connectivity index (χ1v) is 9.75. The van der Waals surface area contributed by atoms with Gasteiger partial charge in [0.1, 0.15) is 16.8 Å². The van der Waals surface area contributed by atoms with Gasteiger partial charge in [0.2, 0.25) is 10.0 Å². The highest BCUT2D eigenvalue weighted by Gasteiger charge is 2.23. The molecule has 1 heterocycles. The number of hydrogen-bond acceptors (Lipinski definition) is 6. The van der Waals surface area contributed by atoms with Crippen LogP contribution in [0.25, 0.3) is 11.0 Å². The number of fused-ring (bicyclic) bond motifs is 1. The third kappa shape index (κ3) is 3.62. The number of nitrogens with zero attached hydrogens (tertiary/aromatic N) is 3. The standard InChI is InChI=1S/C17H19N5O4S/c1-3-22(4-2)27(25,26)12-6-8-16(23)15(10-12)18-17(24)11-5-7-13-14(9-11)20-21-19-13/h5-10,23H,3-4H2,1-2H3,(H,18,24)(H,19,20,21). The summed E-state index contributed by atoms with van der Waals surface area (Å²) in [6.07, 6.45) is 0. The Morgan fingerprint density at radius 1 is 1.11 bits per heavy atom. The van der Waals surface area contributed by atoms with Crippen LogP contribution in [-0.4, -0.2) is 52.2 Å². The van der Waals surface area contributed by atoms with E-state index in [2.05, 4.69) is 20.7 Å². The second kappa shape index (κ2) is 7.33. The molecule has 0 saturated carbocycles. The van der Waals surface area contributed by atoms with E-state index >= 15 is 0 Å². The van der Waals surface area contributed by atoms with Crippen molar-refractivity contribution in [3.8, 4) is 5.75 Å². The van der Waals surface area contributed by atoms with Gasteiger partial charge in [0, 0.05) is 18.7 Å². The molecule has 142 valence electrons. The number of carbonyl (C=O) groups excluding carboxylic acids is 1. The molecule has 0 aliphatic heterocycles. The van der Waals surface area contributed by atoms with Crippen LogP contribution in [0, 0.1) is 0 Å². The van der Waals surface area contributed by atoms with Crippen LogP contribution in [0.2, 0.25) is 0 Å². The lowest BCUT2D eigenvalue weighted by Gasteiger charge is -2.19. The molecule has 2 aromatic carbocycles. The van der Waals surface area contributed by atoms with Crippen LogP contribution in [0.3, 0.4) is 0 Å². The number of H-pyrrole nitrogens is 1. The van der Waals surface area contributed by atoms with Crippen molar-refractivity contribution in [1.29, 1.82) is 0 Å². The van der Waals surface area contributed by atoms with Crippen LogP contribution in [0.4, 0.5) is 5.69 Å². The molecule has 3 rings (SSSR count). The maximum atomic E-state index is 12.6. The lowest BCUT2D eigenvalue weighted by molar-refractivity contribution is 0.102. The number of amides is 1. The first kappa shape index (κ1) is 18.8. The fourth-order valence-electron chi connectivity index (χ4n) is 2.66. The fourth-order valence-corrected chi connectivity index (χ4v) is 4.15. The molecule has 3 aromatic rings. The lowest BCUT2D eigenvalue weighted by atomic mass is 10.2. The molecule has 0 atom stereocenters. The maximum absolute atomic E-state index is 12.6. The minimum Gasteiger partial charge on any atom is -0.506 e. The van der Waals surface area contributed by atoms with E-state index in [9.17, 15) is 18.3 Å². The topological polar surface area (TPSA) is 128 Å². The van der Waals surface area contributed by atoms with Gasteiger partial charge in [-0.25, -0.2) is 8.42 Å². The molecule has 0 spiro atoms. The number of sulfonamides is 1. The zero-order chi connectivity index (χ0) is 19.6. The molecule has 3 N–H and O–H groups in total. The summed E-state index contributed by atoms with van der Waals surface area (Å²) in [5.41, 5.74) is 1.44. The van der Waals surface area contributed by atoms with Crippen molar-refractivity contribution < 1.29 is 18.3 Å². The Balaban J connectivity index is 1.91. The highest BCUT2D eigenvalue weighted by molar-refractivity contribution is 7.89. The smallest absolute Gasteiger partial charge is 0.255 e. The number of nitrogens with one attached hydrogen (secondary N) is 2. The van der Waals surface area contributed by atoms with Crippen LogP contribution in [0.15, 0.2) is 41.3 Å². The summed E-state index contributed by atoms with van der Waals surface area (Å²) in [6, 6.07) is 8.53. The zero-order valence-corrected chi connectivity index (χ0v) is 15.6. The molecule has 0 aliphatic rings. The number of phenolic OH excluding ortho intramolecular Hbond substituents is 1. The maximum Gasteiger partial charge on any atom is 0.255 e. The SMILES string of the molecule is CCN(CC)S(=O)(=O)c1ccc(O)c(NC(=O)c2ccc3n[nH]nc3c2)c1. The first-order chi connectivity index (χ1) is 12.9. The Bertz CT molecular complexity index is 1090. The summed E-state index contributed by atoms with van der Waals surface area (Å²) in [5.74, 6) is -0.739. The fraction of sp³-hybridized carbons (Fsp3) is 0.235. The van der Waals surface area contributed by atoms with Crippen LogP contribution in [-0.2, 0) is 10.0 Å². The monoisotopic (exact) mass is 389 g/mol. The third-order valence-corrected chi connectivity index (χ3v) is 6.18. The Morgan fingerprint density at radius 2 is 1.81 bits per heavy atom. The minimum atomic E-state index is -3.71. The quantitative estimate of drug-likeness (QED) is 0.553. The number of aromatic amines is 1. The van der Waals surface area contributed by atoms with E-state index in [1.165, 1.54) is 22.5 Å². The molecular formula is C17H19N5O4S. The third-order valence-electron chi connectivity index (χ3n) is 4.14. The molecule has 1 aromatic heterocycles. The lowest BCUT2D eigenvalue weighted by Crippen LogP contribution is -2.30. The second-order valence-electron chi connectivity index (χ2n) is 5.75. The second-order valence-corrected chi connectivity index (χ2v) is 7.69. The van der Waals surface area contributed by atoms with Gasteiger partial charge >= 0.3 is 0 Å². The molecule has 0 unspecified atom stereocenters. The summed E-state index contributed by atoms with van der Waals surface area (Å²) >= 11 is 0. The van der Waals surface area contributed by atoms with Crippen LogP contribution in [0.5, 0.6) is 5.75 Å². The summed E-state index contributed by atoms with van der Waals surface area (Å²) in [4.78, 5) is 12.5. The zero-order valence-electron chi connectivity index (χ0n) is 14.8. The van der Waals surface area contributed by atoms with E-state index in [0.29, 0.717) is 29.7 Å². The predicted octanol–water partition coefficient (Wildman–Crippen LogP) is 1.95. The summed E-state index contributed by atoms with van der Waals surface area (Å²) in [6.45, 7) is 4.12. The van der Waals surface area contributed by atoms with Gasteiger partial charge in [-0.05, 0) is 36.4 Å². The molecule has 10 heteroatoms. The van der Waals surface area contributed by atoms with Gasteiger partial charge in [0.15, 0.2) is 0 Å². The molecule has 0 fully saturated rings. The van der Waals surface area contributed by atoms with E-state index in [1.54, 1.807) is 32.0 Å². The van der Waals surface area contributed by atoms with E-state index in [1.807, 2.05) is 0 Å². The van der Waals surface area contributed by atoms with Crippen LogP contribution >= 0.6 is 0 Å². The highest BCUT2D eigenvalue weighted by Crippen LogP contribution is 2.28. The minimum absolute atomic E-state index is 0.00785. The number of carbonyl (C=O) groups is 1. The first-order valence-electron chi connectivity index (χ1n) is 8.31. The Kier molecular flexibility index (Phi) is 5.10. The average Bonchev–Trinajstić information content (AvgIpc) is 3.11. The van der Waals surface area contributed by atoms with E-state index in [0.717, 1.165) is 0 Å². The van der Waals surface area contributed by atoms with Gasteiger partial charge in [-0.1, -0.05) is 13.8 Å². The number of anilines is 1. The van der Waals surface area contributed by atoms with Gasteiger partial charge < -0.3 is 10.4 Å². The van der Waals surface area contributed by atoms with Gasteiger partial charge in [0.05, 0.1) is 10.6 Å². The molecule has 1 amide bonds. The number of rotatable bonds is 6. The van der Waals surface area contributed by atoms with Crippen molar-refractivity contribution in [3.63, 3.8) is 0 Å². The molecule has 0 aliphatic carbocycles. The molecule has 0 radical (unpaired) electrons. The summed E-state index contributed by atoms with van der Waals surface area (Å²) in [7, 11) is -3.71. The average molecular weight is 389 g/mol. The number of aromatic hydroxyl groups is 1. The van der Waals surface area contributed by atoms with Crippen LogP contribution in [0.1, 0.15) is 24.2 Å². The van der Waals surface area contributed by atoms with Crippen molar-refractivity contribution >= 4 is 32.7 Å². The molecule has 0 saturated heterocycles. The van der Waals surface area contributed by atoms with Gasteiger partial charge in [-0.2, -0.15) is 19.7 Å². The Morgan fingerprint density at radius 3 is 2.52 bits per heavy atom. The van der Waals surface area contributed by atoms with Gasteiger partial charge in [-0.15, -0.1) is 0 Å². The van der Waals surface area contributed by atoms with E-state index in [-0.39, 0.29) is 16.3 Å². The number of aromatic nitrogens is 3. The summed E-state index contributed by atoms with van der Waals surface area (Å²) < 4.78 is 26.6. The van der Waals surface area contributed by atoms with Crippen LogP contribution < -0.4 is 5.32 Å². The summed E-state index contributed by atoms with van der Waals surface area (Å²) in [5, 5.41) is 22.9. The Hall–Kier alpha value is -2.98. The van der Waals surface area contributed by atoms with E-state index < -0.39 is 15.9 Å². The number of hydrogen-bond donors (Lipinski definition) is 3. The van der Waals surface area contributed by atoms with Crippen molar-refractivity contribution in [1.82, 2.24) is 19.7 Å². The molecule has 9 nitrogen and oxygen atoms in total. The normalized spacial score (nSPS) is 11.8. The number of phenols is 1. The van der Waals surface area contributed by atoms with Gasteiger partial charge in [-0.3, -0.25) is 4.79 Å².